The Bertz CT molecular complexity index is 596. The third-order valence-corrected chi connectivity index (χ3v) is 3.25. The van der Waals surface area contributed by atoms with Crippen LogP contribution in [0.4, 0.5) is 0 Å². The van der Waals surface area contributed by atoms with E-state index in [1.807, 2.05) is 19.1 Å². The lowest BCUT2D eigenvalue weighted by Crippen LogP contribution is -1.90. The van der Waals surface area contributed by atoms with E-state index in [0.29, 0.717) is 22.1 Å². The van der Waals surface area contributed by atoms with E-state index in [-0.39, 0.29) is 0 Å². The molecule has 4 heteroatoms. The minimum Gasteiger partial charge on any atom is -0.456 e. The molecule has 0 unspecified atom stereocenters. The summed E-state index contributed by atoms with van der Waals surface area (Å²) in [4.78, 5) is 10.7. The Hall–Kier alpha value is -1.32. The summed E-state index contributed by atoms with van der Waals surface area (Å²) in [5, 5.41) is 0.514. The highest BCUT2D eigenvalue weighted by Gasteiger charge is 2.07. The van der Waals surface area contributed by atoms with E-state index in [1.165, 1.54) is 0 Å². The summed E-state index contributed by atoms with van der Waals surface area (Å²) in [6.45, 7) is 1.91. The summed E-state index contributed by atoms with van der Waals surface area (Å²) in [6.07, 6.45) is 0.787. The molecule has 0 saturated heterocycles. The first-order valence-electron chi connectivity index (χ1n) is 5.29. The lowest BCUT2D eigenvalue weighted by atomic mass is 10.1. The van der Waals surface area contributed by atoms with Gasteiger partial charge < -0.3 is 4.74 Å². The summed E-state index contributed by atoms with van der Waals surface area (Å²) in [6, 6.07) is 10.7. The van der Waals surface area contributed by atoms with Crippen molar-refractivity contribution in [1.29, 1.82) is 0 Å². The van der Waals surface area contributed by atoms with E-state index >= 15 is 0 Å². The summed E-state index contributed by atoms with van der Waals surface area (Å²) in [7, 11) is 0. The van der Waals surface area contributed by atoms with E-state index in [2.05, 4.69) is 15.9 Å². The number of halogens is 2. The lowest BCUT2D eigenvalue weighted by Gasteiger charge is -2.10. The Kier molecular flexibility index (Phi) is 4.04. The van der Waals surface area contributed by atoms with Crippen molar-refractivity contribution in [3.8, 4) is 11.5 Å². The maximum Gasteiger partial charge on any atom is 0.150 e. The van der Waals surface area contributed by atoms with Gasteiger partial charge >= 0.3 is 0 Å². The predicted octanol–water partition coefficient (Wildman–Crippen LogP) is 5.02. The van der Waals surface area contributed by atoms with E-state index < -0.39 is 0 Å². The fraction of sp³-hybridized carbons (Fsp3) is 0.0714. The smallest absolute Gasteiger partial charge is 0.150 e. The molecule has 0 amide bonds. The van der Waals surface area contributed by atoms with Crippen LogP contribution in [0.3, 0.4) is 0 Å². The zero-order valence-corrected chi connectivity index (χ0v) is 12.0. The fourth-order valence-electron chi connectivity index (χ4n) is 1.48. The minimum atomic E-state index is 0.514. The van der Waals surface area contributed by atoms with Crippen LogP contribution in [-0.2, 0) is 0 Å². The van der Waals surface area contributed by atoms with Gasteiger partial charge in [-0.25, -0.2) is 0 Å². The molecule has 0 bridgehead atoms. The second-order valence-corrected chi connectivity index (χ2v) is 5.14. The summed E-state index contributed by atoms with van der Waals surface area (Å²) in [5.41, 5.74) is 1.52. The number of rotatable bonds is 3. The average molecular weight is 326 g/mol. The maximum atomic E-state index is 10.7. The van der Waals surface area contributed by atoms with Crippen molar-refractivity contribution in [3.05, 3.63) is 57.0 Å². The van der Waals surface area contributed by atoms with Gasteiger partial charge in [-0.05, 0) is 36.8 Å². The van der Waals surface area contributed by atoms with Gasteiger partial charge in [0.25, 0.3) is 0 Å². The number of aldehydes is 1. The Morgan fingerprint density at radius 3 is 2.61 bits per heavy atom. The van der Waals surface area contributed by atoms with Crippen molar-refractivity contribution in [2.24, 2.45) is 0 Å². The van der Waals surface area contributed by atoms with E-state index in [0.717, 1.165) is 16.3 Å². The topological polar surface area (TPSA) is 26.3 Å². The molecule has 0 heterocycles. The van der Waals surface area contributed by atoms with E-state index in [9.17, 15) is 4.79 Å². The number of aryl methyl sites for hydroxylation is 1. The van der Waals surface area contributed by atoms with Crippen molar-refractivity contribution in [1.82, 2.24) is 0 Å². The zero-order valence-electron chi connectivity index (χ0n) is 9.61. The van der Waals surface area contributed by atoms with Gasteiger partial charge in [-0.2, -0.15) is 0 Å². The first kappa shape index (κ1) is 13.1. The van der Waals surface area contributed by atoms with Gasteiger partial charge in [-0.1, -0.05) is 39.7 Å². The molecule has 2 aromatic carbocycles. The number of carbonyl (C=O) groups is 1. The highest BCUT2D eigenvalue weighted by atomic mass is 79.9. The van der Waals surface area contributed by atoms with Crippen LogP contribution >= 0.6 is 27.5 Å². The third kappa shape index (κ3) is 2.92. The maximum absolute atomic E-state index is 10.7. The SMILES string of the molecule is Cc1ccc(C=O)cc1Oc1ccc(Br)cc1Cl. The van der Waals surface area contributed by atoms with Crippen LogP contribution in [0.2, 0.25) is 5.02 Å². The minimum absolute atomic E-state index is 0.514. The van der Waals surface area contributed by atoms with E-state index in [4.69, 9.17) is 16.3 Å². The lowest BCUT2D eigenvalue weighted by molar-refractivity contribution is 0.112. The molecule has 0 aliphatic carbocycles. The molecule has 0 radical (unpaired) electrons. The number of hydrogen-bond acceptors (Lipinski definition) is 2. The van der Waals surface area contributed by atoms with Crippen LogP contribution in [0, 0.1) is 6.92 Å². The quantitative estimate of drug-likeness (QED) is 0.741. The molecule has 2 nitrogen and oxygen atoms in total. The first-order chi connectivity index (χ1) is 8.60. The van der Waals surface area contributed by atoms with Gasteiger partial charge in [0.15, 0.2) is 0 Å². The summed E-state index contributed by atoms with van der Waals surface area (Å²) < 4.78 is 6.61. The molecule has 2 aromatic rings. The van der Waals surface area contributed by atoms with Gasteiger partial charge in [0, 0.05) is 10.0 Å². The second kappa shape index (κ2) is 5.55. The Balaban J connectivity index is 2.36. The molecule has 0 aromatic heterocycles. The molecule has 0 aliphatic rings. The standard InChI is InChI=1S/C14H10BrClO2/c1-9-2-3-10(8-17)6-14(9)18-13-5-4-11(15)7-12(13)16/h2-8H,1H3. The molecule has 0 spiro atoms. The van der Waals surface area contributed by atoms with Crippen LogP contribution in [0.5, 0.6) is 11.5 Å². The van der Waals surface area contributed by atoms with Gasteiger partial charge in [-0.3, -0.25) is 4.79 Å². The highest BCUT2D eigenvalue weighted by molar-refractivity contribution is 9.10. The van der Waals surface area contributed by atoms with Crippen LogP contribution in [0.1, 0.15) is 15.9 Å². The van der Waals surface area contributed by atoms with Gasteiger partial charge in [0.2, 0.25) is 0 Å². The van der Waals surface area contributed by atoms with E-state index in [1.54, 1.807) is 24.3 Å². The van der Waals surface area contributed by atoms with Crippen LogP contribution in [0.25, 0.3) is 0 Å². The molecule has 0 aliphatic heterocycles. The van der Waals surface area contributed by atoms with Gasteiger partial charge in [0.1, 0.15) is 17.8 Å². The number of hydrogen-bond donors (Lipinski definition) is 0. The van der Waals surface area contributed by atoms with Crippen molar-refractivity contribution >= 4 is 33.8 Å². The zero-order chi connectivity index (χ0) is 13.1. The summed E-state index contributed by atoms with van der Waals surface area (Å²) in [5.74, 6) is 1.19. The molecule has 18 heavy (non-hydrogen) atoms. The van der Waals surface area contributed by atoms with Crippen LogP contribution in [0.15, 0.2) is 40.9 Å². The van der Waals surface area contributed by atoms with Crippen molar-refractivity contribution in [2.75, 3.05) is 0 Å². The largest absolute Gasteiger partial charge is 0.456 e. The Morgan fingerprint density at radius 2 is 1.94 bits per heavy atom. The molecule has 92 valence electrons. The molecule has 0 atom stereocenters. The van der Waals surface area contributed by atoms with Crippen molar-refractivity contribution in [3.63, 3.8) is 0 Å². The molecule has 0 N–H and O–H groups in total. The first-order valence-corrected chi connectivity index (χ1v) is 6.46. The highest BCUT2D eigenvalue weighted by Crippen LogP contribution is 2.33. The Labute approximate surface area is 119 Å². The van der Waals surface area contributed by atoms with Crippen molar-refractivity contribution in [2.45, 2.75) is 6.92 Å². The second-order valence-electron chi connectivity index (χ2n) is 3.82. The van der Waals surface area contributed by atoms with Gasteiger partial charge in [0.05, 0.1) is 5.02 Å². The average Bonchev–Trinajstić information content (AvgIpc) is 2.35. The molecule has 2 rings (SSSR count). The summed E-state index contributed by atoms with van der Waals surface area (Å²) >= 11 is 9.41. The van der Waals surface area contributed by atoms with Gasteiger partial charge in [-0.15, -0.1) is 0 Å². The van der Waals surface area contributed by atoms with Crippen LogP contribution < -0.4 is 4.74 Å². The number of benzene rings is 2. The molecule has 0 saturated carbocycles. The Morgan fingerprint density at radius 1 is 1.17 bits per heavy atom. The normalized spacial score (nSPS) is 10.2. The third-order valence-electron chi connectivity index (χ3n) is 2.46. The molecular formula is C14H10BrClO2. The molecular weight excluding hydrogens is 316 g/mol. The van der Waals surface area contributed by atoms with Crippen LogP contribution in [-0.4, -0.2) is 6.29 Å². The fourth-order valence-corrected chi connectivity index (χ4v) is 2.19. The van der Waals surface area contributed by atoms with Crippen molar-refractivity contribution < 1.29 is 9.53 Å². The molecule has 0 fully saturated rings. The number of carbonyl (C=O) groups excluding carboxylic acids is 1. The predicted molar refractivity (Wildman–Crippen MR) is 75.8 cm³/mol. The number of ether oxygens (including phenoxy) is 1. The monoisotopic (exact) mass is 324 g/mol.